The van der Waals surface area contributed by atoms with Gasteiger partial charge in [0.25, 0.3) is 0 Å². The van der Waals surface area contributed by atoms with Crippen molar-refractivity contribution in [1.29, 1.82) is 0 Å². The first-order valence-corrected chi connectivity index (χ1v) is 6.00. The molecule has 0 aliphatic carbocycles. The van der Waals surface area contributed by atoms with Gasteiger partial charge in [0.15, 0.2) is 0 Å². The molecular weight excluding hydrogens is 234 g/mol. The SMILES string of the molecule is COc1cccc(N2CC(O)C(O)C2)c1C(C)O. The fourth-order valence-corrected chi connectivity index (χ4v) is 2.37. The van der Waals surface area contributed by atoms with Gasteiger partial charge in [-0.25, -0.2) is 0 Å². The molecule has 0 aromatic heterocycles. The minimum Gasteiger partial charge on any atom is -0.496 e. The highest BCUT2D eigenvalue weighted by atomic mass is 16.5. The van der Waals surface area contributed by atoms with E-state index < -0.39 is 18.3 Å². The third kappa shape index (κ3) is 2.29. The number of rotatable bonds is 3. The molecule has 3 atom stereocenters. The van der Waals surface area contributed by atoms with Gasteiger partial charge in [-0.2, -0.15) is 0 Å². The van der Waals surface area contributed by atoms with E-state index in [0.29, 0.717) is 24.4 Å². The predicted octanol–water partition coefficient (Wildman–Crippen LogP) is 0.290. The van der Waals surface area contributed by atoms with E-state index in [1.807, 2.05) is 17.0 Å². The Morgan fingerprint density at radius 3 is 2.39 bits per heavy atom. The Morgan fingerprint density at radius 2 is 1.89 bits per heavy atom. The van der Waals surface area contributed by atoms with Crippen molar-refractivity contribution in [2.75, 3.05) is 25.1 Å². The highest BCUT2D eigenvalue weighted by molar-refractivity contribution is 5.61. The standard InChI is InChI=1S/C13H19NO4/c1-8(15)13-9(4-3-5-12(13)18-2)14-6-10(16)11(17)7-14/h3-5,8,10-11,15-17H,6-7H2,1-2H3. The van der Waals surface area contributed by atoms with Crippen LogP contribution in [-0.4, -0.2) is 47.7 Å². The molecule has 0 saturated carbocycles. The molecule has 0 bridgehead atoms. The largest absolute Gasteiger partial charge is 0.496 e. The van der Waals surface area contributed by atoms with Crippen molar-refractivity contribution in [3.63, 3.8) is 0 Å². The summed E-state index contributed by atoms with van der Waals surface area (Å²) in [5.74, 6) is 0.610. The van der Waals surface area contributed by atoms with Crippen LogP contribution in [0.5, 0.6) is 5.75 Å². The lowest BCUT2D eigenvalue weighted by atomic mass is 10.1. The molecule has 2 rings (SSSR count). The van der Waals surface area contributed by atoms with Crippen LogP contribution in [-0.2, 0) is 0 Å². The molecule has 1 heterocycles. The Balaban J connectivity index is 2.38. The van der Waals surface area contributed by atoms with E-state index >= 15 is 0 Å². The number of anilines is 1. The normalized spacial score (nSPS) is 25.3. The molecule has 1 saturated heterocycles. The lowest BCUT2D eigenvalue weighted by molar-refractivity contribution is 0.0572. The van der Waals surface area contributed by atoms with Crippen molar-refractivity contribution >= 4 is 5.69 Å². The molecule has 5 nitrogen and oxygen atoms in total. The average Bonchev–Trinajstić information content (AvgIpc) is 2.68. The molecule has 1 aromatic rings. The van der Waals surface area contributed by atoms with Gasteiger partial charge in [-0.05, 0) is 19.1 Å². The first-order valence-electron chi connectivity index (χ1n) is 6.00. The van der Waals surface area contributed by atoms with Crippen LogP contribution in [0.2, 0.25) is 0 Å². The minimum absolute atomic E-state index is 0.355. The van der Waals surface area contributed by atoms with Gasteiger partial charge in [-0.1, -0.05) is 6.07 Å². The van der Waals surface area contributed by atoms with E-state index in [1.54, 1.807) is 20.1 Å². The quantitative estimate of drug-likeness (QED) is 0.722. The van der Waals surface area contributed by atoms with Crippen molar-refractivity contribution in [3.05, 3.63) is 23.8 Å². The molecule has 0 spiro atoms. The average molecular weight is 253 g/mol. The molecule has 18 heavy (non-hydrogen) atoms. The van der Waals surface area contributed by atoms with E-state index in [4.69, 9.17) is 4.74 Å². The topological polar surface area (TPSA) is 73.2 Å². The maximum absolute atomic E-state index is 9.88. The smallest absolute Gasteiger partial charge is 0.126 e. The lowest BCUT2D eigenvalue weighted by Gasteiger charge is -2.24. The third-order valence-corrected chi connectivity index (χ3v) is 3.28. The highest BCUT2D eigenvalue weighted by Gasteiger charge is 2.31. The van der Waals surface area contributed by atoms with Crippen molar-refractivity contribution < 1.29 is 20.1 Å². The van der Waals surface area contributed by atoms with E-state index in [9.17, 15) is 15.3 Å². The van der Waals surface area contributed by atoms with Crippen molar-refractivity contribution in [1.82, 2.24) is 0 Å². The number of β-amino-alcohol motifs (C(OH)–C–C–N with tert-alkyl or cyclic N) is 2. The number of aliphatic hydroxyl groups excluding tert-OH is 3. The molecule has 0 radical (unpaired) electrons. The molecule has 1 aliphatic rings. The first kappa shape index (κ1) is 13.1. The van der Waals surface area contributed by atoms with E-state index in [0.717, 1.165) is 5.69 Å². The molecule has 1 aliphatic heterocycles. The van der Waals surface area contributed by atoms with E-state index in [2.05, 4.69) is 0 Å². The van der Waals surface area contributed by atoms with Gasteiger partial charge in [-0.15, -0.1) is 0 Å². The Morgan fingerprint density at radius 1 is 1.28 bits per heavy atom. The Labute approximate surface area is 106 Å². The number of hydrogen-bond acceptors (Lipinski definition) is 5. The van der Waals surface area contributed by atoms with Gasteiger partial charge < -0.3 is 25.0 Å². The van der Waals surface area contributed by atoms with Crippen molar-refractivity contribution in [2.45, 2.75) is 25.2 Å². The van der Waals surface area contributed by atoms with Gasteiger partial charge >= 0.3 is 0 Å². The summed E-state index contributed by atoms with van der Waals surface area (Å²) >= 11 is 0. The summed E-state index contributed by atoms with van der Waals surface area (Å²) in [5, 5.41) is 29.1. The van der Waals surface area contributed by atoms with Gasteiger partial charge in [0.1, 0.15) is 5.75 Å². The third-order valence-electron chi connectivity index (χ3n) is 3.28. The fraction of sp³-hybridized carbons (Fsp3) is 0.538. The zero-order chi connectivity index (χ0) is 13.3. The second-order valence-electron chi connectivity index (χ2n) is 4.61. The van der Waals surface area contributed by atoms with Crippen LogP contribution in [0.1, 0.15) is 18.6 Å². The van der Waals surface area contributed by atoms with E-state index in [-0.39, 0.29) is 0 Å². The van der Waals surface area contributed by atoms with Crippen LogP contribution in [0.25, 0.3) is 0 Å². The van der Waals surface area contributed by atoms with Crippen LogP contribution >= 0.6 is 0 Å². The molecule has 1 aromatic carbocycles. The molecular formula is C13H19NO4. The van der Waals surface area contributed by atoms with Crippen molar-refractivity contribution in [3.8, 4) is 5.75 Å². The fourth-order valence-electron chi connectivity index (χ4n) is 2.37. The second-order valence-corrected chi connectivity index (χ2v) is 4.61. The van der Waals surface area contributed by atoms with Gasteiger partial charge in [-0.3, -0.25) is 0 Å². The highest BCUT2D eigenvalue weighted by Crippen LogP contribution is 2.35. The van der Waals surface area contributed by atoms with Gasteiger partial charge in [0, 0.05) is 24.3 Å². The summed E-state index contributed by atoms with van der Waals surface area (Å²) in [6.07, 6.45) is -2.18. The predicted molar refractivity (Wildman–Crippen MR) is 67.9 cm³/mol. The minimum atomic E-state index is -0.752. The summed E-state index contributed by atoms with van der Waals surface area (Å²) in [4.78, 5) is 1.86. The molecule has 100 valence electrons. The zero-order valence-electron chi connectivity index (χ0n) is 10.6. The molecule has 0 amide bonds. The molecule has 5 heteroatoms. The number of ether oxygens (including phenoxy) is 1. The van der Waals surface area contributed by atoms with Crippen LogP contribution in [0.3, 0.4) is 0 Å². The first-order chi connectivity index (χ1) is 8.54. The van der Waals surface area contributed by atoms with Crippen molar-refractivity contribution in [2.24, 2.45) is 0 Å². The summed E-state index contributed by atoms with van der Waals surface area (Å²) in [7, 11) is 1.55. The van der Waals surface area contributed by atoms with Crippen LogP contribution in [0, 0.1) is 0 Å². The maximum atomic E-state index is 9.88. The Kier molecular flexibility index (Phi) is 3.75. The lowest BCUT2D eigenvalue weighted by Crippen LogP contribution is -2.23. The number of methoxy groups -OCH3 is 1. The molecule has 3 unspecified atom stereocenters. The number of aliphatic hydroxyl groups is 3. The number of nitrogens with zero attached hydrogens (tertiary/aromatic N) is 1. The van der Waals surface area contributed by atoms with Crippen LogP contribution in [0.15, 0.2) is 18.2 Å². The van der Waals surface area contributed by atoms with E-state index in [1.165, 1.54) is 0 Å². The molecule has 1 fully saturated rings. The maximum Gasteiger partial charge on any atom is 0.126 e. The number of hydrogen-bond donors (Lipinski definition) is 3. The van der Waals surface area contributed by atoms with Gasteiger partial charge in [0.2, 0.25) is 0 Å². The Hall–Kier alpha value is -1.30. The zero-order valence-corrected chi connectivity index (χ0v) is 10.6. The second kappa shape index (κ2) is 5.14. The van der Waals surface area contributed by atoms with Gasteiger partial charge in [0.05, 0.1) is 25.4 Å². The molecule has 3 N–H and O–H groups in total. The van der Waals surface area contributed by atoms with Crippen LogP contribution in [0.4, 0.5) is 5.69 Å². The summed E-state index contributed by atoms with van der Waals surface area (Å²) in [5.41, 5.74) is 1.47. The summed E-state index contributed by atoms with van der Waals surface area (Å²) in [6, 6.07) is 5.47. The number of benzene rings is 1. The summed E-state index contributed by atoms with van der Waals surface area (Å²) in [6.45, 7) is 2.38. The summed E-state index contributed by atoms with van der Waals surface area (Å²) < 4.78 is 5.25. The monoisotopic (exact) mass is 253 g/mol. The van der Waals surface area contributed by atoms with Crippen LogP contribution < -0.4 is 9.64 Å². The Bertz CT molecular complexity index is 411.